The van der Waals surface area contributed by atoms with E-state index in [4.69, 9.17) is 10.5 Å². The first-order valence-electron chi connectivity index (χ1n) is 6.54. The topological polar surface area (TPSA) is 60.2 Å². The normalized spacial score (nSPS) is 11.7. The van der Waals surface area contributed by atoms with E-state index in [1.165, 1.54) is 0 Å². The van der Waals surface area contributed by atoms with Crippen LogP contribution in [0.25, 0.3) is 10.9 Å². The summed E-state index contributed by atoms with van der Waals surface area (Å²) in [6.45, 7) is 7.58. The highest BCUT2D eigenvalue weighted by Gasteiger charge is 2.17. The molecule has 0 atom stereocenters. The minimum absolute atomic E-state index is 0.204. The number of hydrogen-bond donors (Lipinski definition) is 2. The van der Waals surface area contributed by atoms with Crippen molar-refractivity contribution in [2.24, 2.45) is 0 Å². The van der Waals surface area contributed by atoms with E-state index in [9.17, 15) is 0 Å². The van der Waals surface area contributed by atoms with Crippen molar-refractivity contribution < 1.29 is 4.74 Å². The van der Waals surface area contributed by atoms with Gasteiger partial charge in [0, 0.05) is 30.4 Å². The number of anilines is 2. The number of hydrogen-bond acceptors (Lipinski definition) is 4. The van der Waals surface area contributed by atoms with Crippen molar-refractivity contribution in [3.8, 4) is 0 Å². The number of rotatable bonds is 5. The maximum atomic E-state index is 5.94. The maximum Gasteiger partial charge on any atom is 0.0951 e. The van der Waals surface area contributed by atoms with E-state index in [2.05, 4.69) is 24.1 Å². The summed E-state index contributed by atoms with van der Waals surface area (Å²) in [6, 6.07) is 7.81. The predicted octanol–water partition coefficient (Wildman–Crippen LogP) is 3.04. The zero-order chi connectivity index (χ0) is 13.9. The first-order valence-corrected chi connectivity index (χ1v) is 6.54. The number of nitrogen functional groups attached to an aromatic ring is 1. The Morgan fingerprint density at radius 3 is 2.84 bits per heavy atom. The fourth-order valence-corrected chi connectivity index (χ4v) is 2.10. The molecule has 0 saturated carbocycles. The lowest BCUT2D eigenvalue weighted by Gasteiger charge is -2.25. The summed E-state index contributed by atoms with van der Waals surface area (Å²) in [4.78, 5) is 4.33. The Morgan fingerprint density at radius 2 is 2.11 bits per heavy atom. The highest BCUT2D eigenvalue weighted by atomic mass is 16.5. The van der Waals surface area contributed by atoms with E-state index in [0.717, 1.165) is 23.1 Å². The molecule has 1 aromatic carbocycles. The Morgan fingerprint density at radius 1 is 1.32 bits per heavy atom. The molecule has 2 aromatic rings. The second kappa shape index (κ2) is 5.45. The smallest absolute Gasteiger partial charge is 0.0951 e. The van der Waals surface area contributed by atoms with Gasteiger partial charge in [0.15, 0.2) is 0 Å². The van der Waals surface area contributed by atoms with Crippen molar-refractivity contribution in [1.82, 2.24) is 4.98 Å². The number of nitrogens with zero attached hydrogens (tertiary/aromatic N) is 1. The third kappa shape index (κ3) is 3.15. The van der Waals surface area contributed by atoms with Crippen molar-refractivity contribution in [2.45, 2.75) is 26.4 Å². The van der Waals surface area contributed by atoms with Crippen molar-refractivity contribution in [2.75, 3.05) is 24.2 Å². The van der Waals surface area contributed by atoms with Gasteiger partial charge in [-0.25, -0.2) is 0 Å². The van der Waals surface area contributed by atoms with Gasteiger partial charge in [0.1, 0.15) is 0 Å². The van der Waals surface area contributed by atoms with Gasteiger partial charge in [-0.3, -0.25) is 4.98 Å². The highest BCUT2D eigenvalue weighted by Crippen LogP contribution is 2.26. The summed E-state index contributed by atoms with van der Waals surface area (Å²) >= 11 is 0. The summed E-state index contributed by atoms with van der Waals surface area (Å²) in [5.74, 6) is 0. The molecule has 2 rings (SSSR count). The molecular formula is C15H21N3O. The molecule has 0 aliphatic heterocycles. The summed E-state index contributed by atoms with van der Waals surface area (Å²) in [7, 11) is 0. The Kier molecular flexibility index (Phi) is 3.90. The molecule has 0 saturated heterocycles. The van der Waals surface area contributed by atoms with Crippen LogP contribution in [-0.2, 0) is 4.74 Å². The number of benzene rings is 1. The van der Waals surface area contributed by atoms with Crippen LogP contribution in [0, 0.1) is 0 Å². The van der Waals surface area contributed by atoms with Gasteiger partial charge >= 0.3 is 0 Å². The summed E-state index contributed by atoms with van der Waals surface area (Å²) in [6.07, 6.45) is 1.76. The average Bonchev–Trinajstić information content (AvgIpc) is 2.38. The number of nitrogens with one attached hydrogen (secondary N) is 1. The second-order valence-electron chi connectivity index (χ2n) is 5.15. The highest BCUT2D eigenvalue weighted by molar-refractivity contribution is 5.98. The number of pyridine rings is 1. The van der Waals surface area contributed by atoms with Crippen LogP contribution in [0.3, 0.4) is 0 Å². The minimum atomic E-state index is -0.204. The summed E-state index contributed by atoms with van der Waals surface area (Å²) < 4.78 is 5.68. The van der Waals surface area contributed by atoms with Gasteiger partial charge in [-0.05, 0) is 45.0 Å². The van der Waals surface area contributed by atoms with Gasteiger partial charge in [-0.1, -0.05) is 0 Å². The molecule has 19 heavy (non-hydrogen) atoms. The largest absolute Gasteiger partial charge is 0.397 e. The monoisotopic (exact) mass is 259 g/mol. The van der Waals surface area contributed by atoms with Crippen LogP contribution in [0.1, 0.15) is 20.8 Å². The Balaban J connectivity index is 2.24. The average molecular weight is 259 g/mol. The van der Waals surface area contributed by atoms with Crippen LogP contribution >= 0.6 is 0 Å². The van der Waals surface area contributed by atoms with E-state index in [1.807, 2.05) is 31.2 Å². The molecule has 0 aliphatic rings. The van der Waals surface area contributed by atoms with Gasteiger partial charge in [0.2, 0.25) is 0 Å². The molecule has 1 aromatic heterocycles. The van der Waals surface area contributed by atoms with E-state index in [-0.39, 0.29) is 5.60 Å². The second-order valence-corrected chi connectivity index (χ2v) is 5.15. The van der Waals surface area contributed by atoms with Crippen LogP contribution in [-0.4, -0.2) is 23.7 Å². The van der Waals surface area contributed by atoms with Crippen LogP contribution in [0.4, 0.5) is 11.4 Å². The van der Waals surface area contributed by atoms with Crippen molar-refractivity contribution in [3.63, 3.8) is 0 Å². The summed E-state index contributed by atoms with van der Waals surface area (Å²) in [5.41, 5.74) is 8.30. The SMILES string of the molecule is CCOC(C)(C)CNc1ccc(N)c2ncccc12. The van der Waals surface area contributed by atoms with E-state index >= 15 is 0 Å². The molecule has 4 heteroatoms. The number of fused-ring (bicyclic) bond motifs is 1. The Labute approximate surface area is 114 Å². The Hall–Kier alpha value is -1.81. The first-order chi connectivity index (χ1) is 9.03. The summed E-state index contributed by atoms with van der Waals surface area (Å²) in [5, 5.41) is 4.46. The molecular weight excluding hydrogens is 238 g/mol. The third-order valence-electron chi connectivity index (χ3n) is 3.04. The standard InChI is InChI=1S/C15H21N3O/c1-4-19-15(2,3)10-18-13-8-7-12(16)14-11(13)6-5-9-17-14/h5-9,18H,4,10,16H2,1-3H3. The molecule has 102 valence electrons. The van der Waals surface area contributed by atoms with Gasteiger partial charge in [-0.2, -0.15) is 0 Å². The van der Waals surface area contributed by atoms with Gasteiger partial charge in [-0.15, -0.1) is 0 Å². The number of aromatic nitrogens is 1. The van der Waals surface area contributed by atoms with E-state index < -0.39 is 0 Å². The van der Waals surface area contributed by atoms with Crippen molar-refractivity contribution in [3.05, 3.63) is 30.5 Å². The lowest BCUT2D eigenvalue weighted by molar-refractivity contribution is 0.000719. The number of ether oxygens (including phenoxy) is 1. The van der Waals surface area contributed by atoms with Crippen LogP contribution < -0.4 is 11.1 Å². The zero-order valence-electron chi connectivity index (χ0n) is 11.7. The molecule has 0 spiro atoms. The van der Waals surface area contributed by atoms with E-state index in [0.29, 0.717) is 12.3 Å². The lowest BCUT2D eigenvalue weighted by Crippen LogP contribution is -2.33. The molecule has 0 unspecified atom stereocenters. The van der Waals surface area contributed by atoms with Gasteiger partial charge < -0.3 is 15.8 Å². The molecule has 0 aliphatic carbocycles. The third-order valence-corrected chi connectivity index (χ3v) is 3.04. The van der Waals surface area contributed by atoms with Crippen molar-refractivity contribution >= 4 is 22.3 Å². The molecule has 0 bridgehead atoms. The number of nitrogens with two attached hydrogens (primary N) is 1. The molecule has 3 N–H and O–H groups in total. The quantitative estimate of drug-likeness (QED) is 0.810. The van der Waals surface area contributed by atoms with Crippen LogP contribution in [0.5, 0.6) is 0 Å². The molecule has 0 amide bonds. The fourth-order valence-electron chi connectivity index (χ4n) is 2.10. The predicted molar refractivity (Wildman–Crippen MR) is 80.4 cm³/mol. The van der Waals surface area contributed by atoms with Crippen molar-refractivity contribution in [1.29, 1.82) is 0 Å². The maximum absolute atomic E-state index is 5.94. The lowest BCUT2D eigenvalue weighted by atomic mass is 10.1. The molecule has 4 nitrogen and oxygen atoms in total. The fraction of sp³-hybridized carbons (Fsp3) is 0.400. The van der Waals surface area contributed by atoms with E-state index in [1.54, 1.807) is 6.20 Å². The van der Waals surface area contributed by atoms with Crippen LogP contribution in [0.2, 0.25) is 0 Å². The molecule has 1 heterocycles. The van der Waals surface area contributed by atoms with Gasteiger partial charge in [0.05, 0.1) is 16.8 Å². The molecule has 0 fully saturated rings. The molecule has 0 radical (unpaired) electrons. The minimum Gasteiger partial charge on any atom is -0.397 e. The first kappa shape index (κ1) is 13.6. The Bertz CT molecular complexity index is 566. The zero-order valence-corrected chi connectivity index (χ0v) is 11.7. The van der Waals surface area contributed by atoms with Crippen LogP contribution in [0.15, 0.2) is 30.5 Å². The van der Waals surface area contributed by atoms with Gasteiger partial charge in [0.25, 0.3) is 0 Å².